The highest BCUT2D eigenvalue weighted by molar-refractivity contribution is 5.99. The summed E-state index contributed by atoms with van der Waals surface area (Å²) in [6.07, 6.45) is -0.0105. The van der Waals surface area contributed by atoms with E-state index in [0.29, 0.717) is 17.0 Å². The average molecular weight is 500 g/mol. The number of hydrogen-bond acceptors (Lipinski definition) is 6. The molecule has 2 aromatic carbocycles. The van der Waals surface area contributed by atoms with Gasteiger partial charge in [0.15, 0.2) is 0 Å². The van der Waals surface area contributed by atoms with Gasteiger partial charge in [-0.3, -0.25) is 9.59 Å². The third-order valence-electron chi connectivity index (χ3n) is 5.42. The van der Waals surface area contributed by atoms with Crippen LogP contribution in [-0.4, -0.2) is 59.8 Å². The minimum atomic E-state index is -1.29. The van der Waals surface area contributed by atoms with Gasteiger partial charge in [-0.05, 0) is 69.5 Å². The van der Waals surface area contributed by atoms with E-state index in [1.54, 1.807) is 59.1 Å². The van der Waals surface area contributed by atoms with Crippen LogP contribution in [0.5, 0.6) is 5.75 Å². The van der Waals surface area contributed by atoms with Crippen LogP contribution in [0.25, 0.3) is 0 Å². The van der Waals surface area contributed by atoms with E-state index in [-0.39, 0.29) is 6.54 Å². The number of likely N-dealkylation sites (N-methyl/N-ethyl adjacent to an activating group) is 1. The quantitative estimate of drug-likeness (QED) is 0.459. The second-order valence-electron chi connectivity index (χ2n) is 9.22. The van der Waals surface area contributed by atoms with Crippen LogP contribution in [0, 0.1) is 0 Å². The van der Waals surface area contributed by atoms with Gasteiger partial charge in [0.05, 0.1) is 13.7 Å². The molecule has 0 bridgehead atoms. The fourth-order valence-corrected chi connectivity index (χ4v) is 3.59. The third kappa shape index (κ3) is 7.98. The minimum Gasteiger partial charge on any atom is -0.497 e. The Hall–Kier alpha value is -3.59. The summed E-state index contributed by atoms with van der Waals surface area (Å²) in [5.41, 5.74) is 1.44. The minimum absolute atomic E-state index is 0.154. The molecule has 0 heterocycles. The lowest BCUT2D eigenvalue weighted by atomic mass is 10.0. The van der Waals surface area contributed by atoms with Gasteiger partial charge in [0.25, 0.3) is 5.91 Å². The number of amides is 3. The molecule has 9 heteroatoms. The zero-order valence-electron chi connectivity index (χ0n) is 21.8. The van der Waals surface area contributed by atoms with E-state index in [9.17, 15) is 19.5 Å². The monoisotopic (exact) mass is 499 g/mol. The summed E-state index contributed by atoms with van der Waals surface area (Å²) in [7, 11) is 1.55. The summed E-state index contributed by atoms with van der Waals surface area (Å²) < 4.78 is 10.4. The maximum absolute atomic E-state index is 13.5. The number of nitrogens with one attached hydrogen (secondary N) is 2. The Balaban J connectivity index is 2.38. The van der Waals surface area contributed by atoms with Gasteiger partial charge in [-0.15, -0.1) is 0 Å². The van der Waals surface area contributed by atoms with Crippen molar-refractivity contribution in [1.29, 1.82) is 0 Å². The number of ether oxygens (including phenoxy) is 2. The van der Waals surface area contributed by atoms with Crippen molar-refractivity contribution in [2.75, 3.05) is 25.6 Å². The maximum Gasteiger partial charge on any atom is 0.408 e. The van der Waals surface area contributed by atoms with Crippen molar-refractivity contribution >= 4 is 23.6 Å². The molecular formula is C27H37N3O6. The van der Waals surface area contributed by atoms with E-state index < -0.39 is 42.2 Å². The first-order chi connectivity index (χ1) is 17.0. The van der Waals surface area contributed by atoms with Gasteiger partial charge in [0, 0.05) is 12.2 Å². The Labute approximate surface area is 212 Å². The summed E-state index contributed by atoms with van der Waals surface area (Å²) in [5.74, 6) is -0.405. The molecule has 36 heavy (non-hydrogen) atoms. The Morgan fingerprint density at radius 3 is 2.08 bits per heavy atom. The van der Waals surface area contributed by atoms with Gasteiger partial charge >= 0.3 is 6.09 Å². The molecule has 0 aliphatic carbocycles. The number of benzene rings is 2. The Bertz CT molecular complexity index is 1020. The van der Waals surface area contributed by atoms with E-state index >= 15 is 0 Å². The fraction of sp³-hybridized carbons (Fsp3) is 0.444. The molecular weight excluding hydrogens is 462 g/mol. The van der Waals surface area contributed by atoms with Crippen molar-refractivity contribution in [3.8, 4) is 5.75 Å². The predicted octanol–water partition coefficient (Wildman–Crippen LogP) is 3.67. The highest BCUT2D eigenvalue weighted by Crippen LogP contribution is 2.25. The molecule has 9 nitrogen and oxygen atoms in total. The largest absolute Gasteiger partial charge is 0.497 e. The van der Waals surface area contributed by atoms with Gasteiger partial charge in [-0.2, -0.15) is 0 Å². The van der Waals surface area contributed by atoms with Crippen molar-refractivity contribution < 1.29 is 29.0 Å². The lowest BCUT2D eigenvalue weighted by Crippen LogP contribution is -2.53. The number of anilines is 1. The topological polar surface area (TPSA) is 117 Å². The van der Waals surface area contributed by atoms with Gasteiger partial charge in [0.1, 0.15) is 23.4 Å². The van der Waals surface area contributed by atoms with Crippen LogP contribution in [0.2, 0.25) is 0 Å². The van der Waals surface area contributed by atoms with Crippen molar-refractivity contribution in [3.05, 3.63) is 59.7 Å². The zero-order chi connectivity index (χ0) is 26.9. The van der Waals surface area contributed by atoms with Crippen molar-refractivity contribution in [2.45, 2.75) is 58.7 Å². The molecule has 0 radical (unpaired) electrons. The summed E-state index contributed by atoms with van der Waals surface area (Å²) in [4.78, 5) is 40.6. The van der Waals surface area contributed by atoms with E-state index in [1.165, 1.54) is 4.90 Å². The molecule has 0 aromatic heterocycles. The Morgan fingerprint density at radius 2 is 1.61 bits per heavy atom. The number of carbonyl (C=O) groups is 3. The van der Waals surface area contributed by atoms with Crippen LogP contribution >= 0.6 is 0 Å². The Morgan fingerprint density at radius 1 is 1.00 bits per heavy atom. The molecule has 2 atom stereocenters. The molecule has 196 valence electrons. The molecule has 0 spiro atoms. The molecule has 0 saturated heterocycles. The highest BCUT2D eigenvalue weighted by atomic mass is 16.6. The number of aliphatic hydroxyl groups is 1. The number of aryl methyl sites for hydroxylation is 1. The van der Waals surface area contributed by atoms with Crippen LogP contribution in [0.4, 0.5) is 10.5 Å². The number of rotatable bonds is 10. The second kappa shape index (κ2) is 12.9. The molecule has 3 N–H and O–H groups in total. The molecule has 0 saturated carbocycles. The first-order valence-electron chi connectivity index (χ1n) is 12.0. The first kappa shape index (κ1) is 28.6. The highest BCUT2D eigenvalue weighted by Gasteiger charge is 2.35. The van der Waals surface area contributed by atoms with Crippen LogP contribution < -0.4 is 15.4 Å². The van der Waals surface area contributed by atoms with Crippen LogP contribution in [0.15, 0.2) is 48.5 Å². The summed E-state index contributed by atoms with van der Waals surface area (Å²) in [6, 6.07) is 12.0. The first-order valence-corrected chi connectivity index (χ1v) is 12.0. The summed E-state index contributed by atoms with van der Waals surface area (Å²) in [6.45, 7) is 8.34. The number of nitrogens with zero attached hydrogens (tertiary/aromatic N) is 1. The SMILES string of the molecule is CCc1ccc(C(C(=O)Nc2ccc(OC)cc2)N(CC)C(=O)C(CO)NC(=O)OC(C)(C)C)cc1. The van der Waals surface area contributed by atoms with E-state index in [4.69, 9.17) is 9.47 Å². The van der Waals surface area contributed by atoms with Crippen LogP contribution in [0.1, 0.15) is 51.8 Å². The summed E-state index contributed by atoms with van der Waals surface area (Å²) >= 11 is 0. The lowest BCUT2D eigenvalue weighted by molar-refractivity contribution is -0.141. The average Bonchev–Trinajstić information content (AvgIpc) is 2.84. The lowest BCUT2D eigenvalue weighted by Gasteiger charge is -2.33. The molecule has 0 aliphatic rings. The maximum atomic E-state index is 13.5. The van der Waals surface area contributed by atoms with Gasteiger partial charge in [-0.1, -0.05) is 31.2 Å². The molecule has 3 amide bonds. The van der Waals surface area contributed by atoms with Crippen molar-refractivity contribution in [3.63, 3.8) is 0 Å². The van der Waals surface area contributed by atoms with Crippen LogP contribution in [-0.2, 0) is 20.7 Å². The van der Waals surface area contributed by atoms with Crippen LogP contribution in [0.3, 0.4) is 0 Å². The van der Waals surface area contributed by atoms with E-state index in [1.807, 2.05) is 31.2 Å². The molecule has 0 aliphatic heterocycles. The van der Waals surface area contributed by atoms with Gasteiger partial charge in [0.2, 0.25) is 5.91 Å². The zero-order valence-corrected chi connectivity index (χ0v) is 21.8. The molecule has 2 aromatic rings. The van der Waals surface area contributed by atoms with E-state index in [2.05, 4.69) is 10.6 Å². The van der Waals surface area contributed by atoms with E-state index in [0.717, 1.165) is 12.0 Å². The number of aliphatic hydroxyl groups excluding tert-OH is 1. The summed E-state index contributed by atoms with van der Waals surface area (Å²) in [5, 5.41) is 15.2. The standard InChI is InChI=1S/C27H37N3O6/c1-7-18-9-11-19(12-10-18)23(24(32)28-20-13-15-21(35-6)16-14-20)30(8-2)25(33)22(17-31)29-26(34)36-27(3,4)5/h9-16,22-23,31H,7-8,17H2,1-6H3,(H,28,32)(H,29,34). The van der Waals surface area contributed by atoms with Crippen molar-refractivity contribution in [2.24, 2.45) is 0 Å². The second-order valence-corrected chi connectivity index (χ2v) is 9.22. The fourth-order valence-electron chi connectivity index (χ4n) is 3.59. The Kier molecular flexibility index (Phi) is 10.3. The van der Waals surface area contributed by atoms with Gasteiger partial charge in [-0.25, -0.2) is 4.79 Å². The number of carbonyl (C=O) groups excluding carboxylic acids is 3. The normalized spacial score (nSPS) is 12.8. The number of methoxy groups -OCH3 is 1. The number of hydrogen-bond donors (Lipinski definition) is 3. The predicted molar refractivity (Wildman–Crippen MR) is 138 cm³/mol. The third-order valence-corrected chi connectivity index (χ3v) is 5.42. The van der Waals surface area contributed by atoms with Crippen molar-refractivity contribution in [1.82, 2.24) is 10.2 Å². The molecule has 2 unspecified atom stereocenters. The molecule has 0 fully saturated rings. The molecule has 2 rings (SSSR count). The number of alkyl carbamates (subject to hydrolysis) is 1. The smallest absolute Gasteiger partial charge is 0.408 e. The van der Waals surface area contributed by atoms with Gasteiger partial charge < -0.3 is 30.1 Å².